The fourth-order valence-corrected chi connectivity index (χ4v) is 2.10. The molecule has 0 saturated carbocycles. The van der Waals surface area contributed by atoms with E-state index in [-0.39, 0.29) is 35.3 Å². The molecule has 0 aliphatic rings. The van der Waals surface area contributed by atoms with Crippen molar-refractivity contribution < 1.29 is 9.42 Å². The Morgan fingerprint density at radius 2 is 1.86 bits per heavy atom. The van der Waals surface area contributed by atoms with Crippen molar-refractivity contribution in [3.8, 4) is 6.07 Å². The fourth-order valence-electron chi connectivity index (χ4n) is 2.10. The van der Waals surface area contributed by atoms with Crippen LogP contribution in [0.5, 0.6) is 0 Å². The number of hydrogen-bond acceptors (Lipinski definition) is 5. The molecule has 1 heterocycles. The zero-order valence-corrected chi connectivity index (χ0v) is 13.4. The molecule has 97 valence electrons. The number of Topliss-reactive ketones (excluding diaryl/α,β-unsaturated/α-hetero) is 1. The van der Waals surface area contributed by atoms with Gasteiger partial charge in [-0.15, -0.1) is 0 Å². The zero-order chi connectivity index (χ0) is 13.9. The van der Waals surface area contributed by atoms with Crippen LogP contribution in [-0.2, 0) is 0 Å². The first-order valence-corrected chi connectivity index (χ1v) is 6.01. The van der Waals surface area contributed by atoms with Gasteiger partial charge in [-0.05, 0) is 16.4 Å². The Hall–Kier alpha value is -2.00. The van der Waals surface area contributed by atoms with E-state index in [9.17, 15) is 10.1 Å². The summed E-state index contributed by atoms with van der Waals surface area (Å²) in [5, 5.41) is 16.9. The molecule has 0 saturated heterocycles. The molecule has 1 unspecified atom stereocenters. The molecule has 1 atom stereocenters. The Morgan fingerprint density at radius 1 is 1.10 bits per heavy atom. The molecular weight excluding hydrogens is 277 g/mol. The zero-order valence-electron chi connectivity index (χ0n) is 11.4. The number of carbonyl (C=O) groups excluding carboxylic acids is 1. The Labute approximate surface area is 142 Å². The molecule has 6 heteroatoms. The topological polar surface area (TPSA) is 79.8 Å². The number of carbonyl (C=O) groups is 1. The van der Waals surface area contributed by atoms with Crippen molar-refractivity contribution in [2.45, 2.75) is 5.92 Å². The number of nitriles is 1. The number of fused-ring (bicyclic) bond motifs is 1. The summed E-state index contributed by atoms with van der Waals surface area (Å²) in [6.45, 7) is 0. The summed E-state index contributed by atoms with van der Waals surface area (Å²) in [4.78, 5) is 12.4. The summed E-state index contributed by atoms with van der Waals surface area (Å²) >= 11 is 0. The van der Waals surface area contributed by atoms with Gasteiger partial charge in [-0.2, -0.15) is 5.26 Å². The van der Waals surface area contributed by atoms with Crippen LogP contribution in [0.4, 0.5) is 0 Å². The van der Waals surface area contributed by atoms with E-state index in [1.54, 1.807) is 42.5 Å². The third-order valence-electron chi connectivity index (χ3n) is 3.08. The summed E-state index contributed by atoms with van der Waals surface area (Å²) in [6, 6.07) is 15.9. The van der Waals surface area contributed by atoms with Gasteiger partial charge in [0.2, 0.25) is 0 Å². The van der Waals surface area contributed by atoms with E-state index in [1.165, 1.54) is 0 Å². The minimum absolute atomic E-state index is 0. The standard InChI is InChI=1S/C15H9N3O2.Na/c16-9-12(15(19)10-5-2-1-3-6-10)11-7-4-8-13-14(11)18-20-17-13;/h1-8,12H;. The Bertz CT molecular complexity index is 808. The monoisotopic (exact) mass is 286 g/mol. The summed E-state index contributed by atoms with van der Waals surface area (Å²) in [5.41, 5.74) is 1.99. The van der Waals surface area contributed by atoms with Gasteiger partial charge in [0.05, 0.1) is 6.07 Å². The number of hydrogen-bond donors (Lipinski definition) is 0. The first kappa shape index (κ1) is 15.4. The van der Waals surface area contributed by atoms with Gasteiger partial charge in [-0.3, -0.25) is 4.79 Å². The summed E-state index contributed by atoms with van der Waals surface area (Å²) in [5.74, 6) is -1.18. The predicted octanol–water partition coefficient (Wildman–Crippen LogP) is 2.33. The third kappa shape index (κ3) is 2.88. The molecule has 0 fully saturated rings. The minimum Gasteiger partial charge on any atom is -0.292 e. The van der Waals surface area contributed by atoms with Crippen LogP contribution >= 0.6 is 0 Å². The predicted molar refractivity (Wildman–Crippen MR) is 76.7 cm³/mol. The maximum absolute atomic E-state index is 12.4. The summed E-state index contributed by atoms with van der Waals surface area (Å²) in [7, 11) is 0. The first-order valence-electron chi connectivity index (χ1n) is 6.01. The largest absolute Gasteiger partial charge is 0.292 e. The van der Waals surface area contributed by atoms with Gasteiger partial charge in [-0.1, -0.05) is 42.5 Å². The quantitative estimate of drug-likeness (QED) is 0.545. The number of nitrogens with zero attached hydrogens (tertiary/aromatic N) is 3. The smallest absolute Gasteiger partial charge is 0.184 e. The molecule has 3 aromatic rings. The van der Waals surface area contributed by atoms with Crippen LogP contribution in [0.3, 0.4) is 0 Å². The maximum Gasteiger partial charge on any atom is 0.184 e. The molecule has 0 spiro atoms. The second-order valence-corrected chi connectivity index (χ2v) is 4.27. The molecule has 5 nitrogen and oxygen atoms in total. The third-order valence-corrected chi connectivity index (χ3v) is 3.08. The van der Waals surface area contributed by atoms with Gasteiger partial charge < -0.3 is 0 Å². The molecule has 1 aromatic heterocycles. The molecule has 0 N–H and O–H groups in total. The second kappa shape index (κ2) is 6.64. The molecule has 2 aromatic carbocycles. The van der Waals surface area contributed by atoms with Gasteiger partial charge in [0.15, 0.2) is 5.78 Å². The molecule has 21 heavy (non-hydrogen) atoms. The molecular formula is C15H9N3NaO2. The van der Waals surface area contributed by atoms with E-state index in [0.717, 1.165) is 0 Å². The van der Waals surface area contributed by atoms with E-state index in [0.29, 0.717) is 22.2 Å². The molecule has 0 bridgehead atoms. The van der Waals surface area contributed by atoms with Crippen molar-refractivity contribution in [1.29, 1.82) is 5.26 Å². The average molecular weight is 286 g/mol. The molecule has 0 aliphatic carbocycles. The Morgan fingerprint density at radius 3 is 2.57 bits per heavy atom. The summed E-state index contributed by atoms with van der Waals surface area (Å²) < 4.78 is 4.66. The molecule has 0 aliphatic heterocycles. The molecule has 1 radical (unpaired) electrons. The van der Waals surface area contributed by atoms with E-state index < -0.39 is 5.92 Å². The van der Waals surface area contributed by atoms with Crippen molar-refractivity contribution in [2.75, 3.05) is 0 Å². The van der Waals surface area contributed by atoms with Crippen molar-refractivity contribution in [3.63, 3.8) is 0 Å². The van der Waals surface area contributed by atoms with Gasteiger partial charge >= 0.3 is 0 Å². The maximum atomic E-state index is 12.4. The first-order chi connectivity index (χ1) is 9.81. The van der Waals surface area contributed by atoms with Gasteiger partial charge in [0.25, 0.3) is 0 Å². The number of benzene rings is 2. The van der Waals surface area contributed by atoms with E-state index >= 15 is 0 Å². The minimum atomic E-state index is -0.923. The van der Waals surface area contributed by atoms with Crippen LogP contribution in [0, 0.1) is 11.3 Å². The fraction of sp³-hybridized carbons (Fsp3) is 0.0667. The Balaban J connectivity index is 0.00000161. The number of aromatic nitrogens is 2. The number of ketones is 1. The summed E-state index contributed by atoms with van der Waals surface area (Å²) in [6.07, 6.45) is 0. The van der Waals surface area contributed by atoms with Gasteiger partial charge in [-0.25, -0.2) is 4.63 Å². The SMILES string of the molecule is N#CC(C(=O)c1ccccc1)c1cccc2nonc12.[Na]. The van der Waals surface area contributed by atoms with Crippen LogP contribution < -0.4 is 0 Å². The molecule has 3 rings (SSSR count). The number of rotatable bonds is 3. The van der Waals surface area contributed by atoms with Crippen LogP contribution in [0.2, 0.25) is 0 Å². The van der Waals surface area contributed by atoms with Crippen molar-refractivity contribution in [1.82, 2.24) is 10.3 Å². The van der Waals surface area contributed by atoms with Crippen LogP contribution in [0.1, 0.15) is 21.8 Å². The average Bonchev–Trinajstić information content (AvgIpc) is 2.98. The second-order valence-electron chi connectivity index (χ2n) is 4.27. The van der Waals surface area contributed by atoms with Gasteiger partial charge in [0.1, 0.15) is 17.0 Å². The van der Waals surface area contributed by atoms with Crippen molar-refractivity contribution in [2.24, 2.45) is 0 Å². The van der Waals surface area contributed by atoms with Gasteiger partial charge in [0, 0.05) is 40.7 Å². The van der Waals surface area contributed by atoms with E-state index in [2.05, 4.69) is 14.9 Å². The van der Waals surface area contributed by atoms with Crippen molar-refractivity contribution >= 4 is 46.4 Å². The van der Waals surface area contributed by atoms with Crippen LogP contribution in [0.25, 0.3) is 11.0 Å². The van der Waals surface area contributed by atoms with E-state index in [4.69, 9.17) is 0 Å². The van der Waals surface area contributed by atoms with E-state index in [1.807, 2.05) is 12.1 Å². The Kier molecular flexibility index (Phi) is 4.86. The normalized spacial score (nSPS) is 11.4. The van der Waals surface area contributed by atoms with Crippen molar-refractivity contribution in [3.05, 3.63) is 59.7 Å². The van der Waals surface area contributed by atoms with Crippen LogP contribution in [0.15, 0.2) is 53.2 Å². The molecule has 0 amide bonds. The van der Waals surface area contributed by atoms with Crippen LogP contribution in [-0.4, -0.2) is 45.7 Å².